The second-order valence-electron chi connectivity index (χ2n) is 6.16. The summed E-state index contributed by atoms with van der Waals surface area (Å²) in [5.41, 5.74) is 0. The third kappa shape index (κ3) is 6.53. The highest BCUT2D eigenvalue weighted by Crippen LogP contribution is 2.16. The van der Waals surface area contributed by atoms with Crippen LogP contribution >= 0.6 is 0 Å². The van der Waals surface area contributed by atoms with E-state index < -0.39 is 0 Å². The molecule has 2 unspecified atom stereocenters. The Hall–Kier alpha value is -0.160. The number of methoxy groups -OCH3 is 1. The minimum absolute atomic E-state index is 0.644. The van der Waals surface area contributed by atoms with Crippen LogP contribution in [0.15, 0.2) is 0 Å². The molecular formula is C16H34N2O2. The summed E-state index contributed by atoms with van der Waals surface area (Å²) in [4.78, 5) is 2.62. The number of piperazine rings is 1. The van der Waals surface area contributed by atoms with Crippen LogP contribution in [0.4, 0.5) is 0 Å². The molecule has 1 aliphatic heterocycles. The first kappa shape index (κ1) is 17.9. The lowest BCUT2D eigenvalue weighted by molar-refractivity contribution is 0.0430. The Morgan fingerprint density at radius 3 is 2.70 bits per heavy atom. The number of hydrogen-bond donors (Lipinski definition) is 1. The van der Waals surface area contributed by atoms with E-state index in [9.17, 15) is 0 Å². The predicted octanol–water partition coefficient (Wildman–Crippen LogP) is 2.14. The van der Waals surface area contributed by atoms with Crippen molar-refractivity contribution in [3.63, 3.8) is 0 Å². The largest absolute Gasteiger partial charge is 0.385 e. The van der Waals surface area contributed by atoms with Gasteiger partial charge in [0.25, 0.3) is 0 Å². The smallest absolute Gasteiger partial charge is 0.0593 e. The van der Waals surface area contributed by atoms with Gasteiger partial charge in [0.2, 0.25) is 0 Å². The number of rotatable bonds is 10. The Labute approximate surface area is 125 Å². The summed E-state index contributed by atoms with van der Waals surface area (Å²) in [5, 5.41) is 3.70. The van der Waals surface area contributed by atoms with Gasteiger partial charge in [0.1, 0.15) is 0 Å². The average molecular weight is 286 g/mol. The number of ether oxygens (including phenoxy) is 2. The van der Waals surface area contributed by atoms with Crippen molar-refractivity contribution in [3.8, 4) is 0 Å². The Kier molecular flexibility index (Phi) is 9.44. The second-order valence-corrected chi connectivity index (χ2v) is 6.16. The second kappa shape index (κ2) is 10.6. The van der Waals surface area contributed by atoms with Crippen LogP contribution in [-0.4, -0.2) is 63.5 Å². The zero-order valence-corrected chi connectivity index (χ0v) is 13.9. The van der Waals surface area contributed by atoms with Gasteiger partial charge in [-0.3, -0.25) is 4.90 Å². The molecule has 4 nitrogen and oxygen atoms in total. The molecule has 1 fully saturated rings. The molecular weight excluding hydrogens is 252 g/mol. The van der Waals surface area contributed by atoms with Crippen molar-refractivity contribution in [1.29, 1.82) is 0 Å². The molecule has 1 aliphatic rings. The summed E-state index contributed by atoms with van der Waals surface area (Å²) in [6, 6.07) is 1.30. The molecule has 1 N–H and O–H groups in total. The normalized spacial score (nSPS) is 24.4. The maximum absolute atomic E-state index is 5.72. The van der Waals surface area contributed by atoms with Crippen molar-refractivity contribution in [2.24, 2.45) is 5.92 Å². The molecule has 0 saturated carbocycles. The van der Waals surface area contributed by atoms with Crippen LogP contribution < -0.4 is 5.32 Å². The van der Waals surface area contributed by atoms with Crippen molar-refractivity contribution in [1.82, 2.24) is 10.2 Å². The van der Waals surface area contributed by atoms with E-state index in [-0.39, 0.29) is 0 Å². The fourth-order valence-electron chi connectivity index (χ4n) is 2.94. The van der Waals surface area contributed by atoms with E-state index in [0.717, 1.165) is 45.9 Å². The predicted molar refractivity (Wildman–Crippen MR) is 84.2 cm³/mol. The van der Waals surface area contributed by atoms with E-state index in [2.05, 4.69) is 31.0 Å². The van der Waals surface area contributed by atoms with Crippen molar-refractivity contribution in [3.05, 3.63) is 0 Å². The Bertz CT molecular complexity index is 237. The van der Waals surface area contributed by atoms with Crippen molar-refractivity contribution < 1.29 is 9.47 Å². The molecule has 0 aromatic rings. The lowest BCUT2D eigenvalue weighted by Gasteiger charge is -2.42. The SMILES string of the molecule is CCCC1CN(CCOCCCOC)C(C(C)C)CN1. The standard InChI is InChI=1S/C16H34N2O2/c1-5-7-15-13-18(16(12-17-15)14(2)3)8-11-20-10-6-9-19-4/h14-17H,5-13H2,1-4H3. The first-order chi connectivity index (χ1) is 9.69. The van der Waals surface area contributed by atoms with Gasteiger partial charge in [-0.1, -0.05) is 27.2 Å². The van der Waals surface area contributed by atoms with Gasteiger partial charge in [-0.15, -0.1) is 0 Å². The van der Waals surface area contributed by atoms with E-state index in [4.69, 9.17) is 9.47 Å². The van der Waals surface area contributed by atoms with Gasteiger partial charge < -0.3 is 14.8 Å². The highest BCUT2D eigenvalue weighted by atomic mass is 16.5. The molecule has 4 heteroatoms. The molecule has 120 valence electrons. The molecule has 0 aromatic carbocycles. The van der Waals surface area contributed by atoms with Gasteiger partial charge >= 0.3 is 0 Å². The maximum Gasteiger partial charge on any atom is 0.0593 e. The third-order valence-electron chi connectivity index (χ3n) is 4.11. The lowest BCUT2D eigenvalue weighted by Crippen LogP contribution is -2.58. The van der Waals surface area contributed by atoms with Crippen LogP contribution in [0.25, 0.3) is 0 Å². The van der Waals surface area contributed by atoms with Gasteiger partial charge in [-0.25, -0.2) is 0 Å². The molecule has 20 heavy (non-hydrogen) atoms. The molecule has 0 bridgehead atoms. The quantitative estimate of drug-likeness (QED) is 0.624. The molecule has 0 amide bonds. The zero-order chi connectivity index (χ0) is 14.8. The maximum atomic E-state index is 5.72. The highest BCUT2D eigenvalue weighted by Gasteiger charge is 2.28. The van der Waals surface area contributed by atoms with Gasteiger partial charge in [0.15, 0.2) is 0 Å². The summed E-state index contributed by atoms with van der Waals surface area (Å²) in [6.45, 7) is 12.7. The summed E-state index contributed by atoms with van der Waals surface area (Å²) >= 11 is 0. The summed E-state index contributed by atoms with van der Waals surface area (Å²) in [5.74, 6) is 0.693. The number of hydrogen-bond acceptors (Lipinski definition) is 4. The van der Waals surface area contributed by atoms with E-state index >= 15 is 0 Å². The van der Waals surface area contributed by atoms with Crippen molar-refractivity contribution >= 4 is 0 Å². The third-order valence-corrected chi connectivity index (χ3v) is 4.11. The Balaban J connectivity index is 2.28. The average Bonchev–Trinajstić information content (AvgIpc) is 2.43. The van der Waals surface area contributed by atoms with E-state index in [1.54, 1.807) is 7.11 Å². The number of nitrogens with zero attached hydrogens (tertiary/aromatic N) is 1. The van der Waals surface area contributed by atoms with Crippen LogP contribution in [0.3, 0.4) is 0 Å². The fraction of sp³-hybridized carbons (Fsp3) is 1.00. The highest BCUT2D eigenvalue weighted by molar-refractivity contribution is 4.87. The van der Waals surface area contributed by atoms with Crippen LogP contribution in [0.2, 0.25) is 0 Å². The summed E-state index contributed by atoms with van der Waals surface area (Å²) < 4.78 is 10.7. The van der Waals surface area contributed by atoms with Gasteiger partial charge in [0, 0.05) is 52.0 Å². The van der Waals surface area contributed by atoms with Crippen LogP contribution in [0.1, 0.15) is 40.0 Å². The van der Waals surface area contributed by atoms with Gasteiger partial charge in [-0.2, -0.15) is 0 Å². The van der Waals surface area contributed by atoms with Crippen LogP contribution in [0.5, 0.6) is 0 Å². The van der Waals surface area contributed by atoms with Crippen molar-refractivity contribution in [2.75, 3.05) is 46.6 Å². The minimum atomic E-state index is 0.644. The zero-order valence-electron chi connectivity index (χ0n) is 13.9. The summed E-state index contributed by atoms with van der Waals surface area (Å²) in [7, 11) is 1.74. The topological polar surface area (TPSA) is 33.7 Å². The molecule has 0 aliphatic carbocycles. The van der Waals surface area contributed by atoms with Crippen LogP contribution in [0, 0.1) is 5.92 Å². The van der Waals surface area contributed by atoms with E-state index in [1.807, 2.05) is 0 Å². The molecule has 0 aromatic heterocycles. The molecule has 0 spiro atoms. The monoisotopic (exact) mass is 286 g/mol. The number of nitrogens with one attached hydrogen (secondary N) is 1. The molecule has 2 atom stereocenters. The molecule has 1 saturated heterocycles. The van der Waals surface area contributed by atoms with Gasteiger partial charge in [0.05, 0.1) is 6.61 Å². The van der Waals surface area contributed by atoms with Gasteiger partial charge in [-0.05, 0) is 18.8 Å². The Morgan fingerprint density at radius 1 is 1.25 bits per heavy atom. The molecule has 0 radical (unpaired) electrons. The molecule has 1 rings (SSSR count). The van der Waals surface area contributed by atoms with Crippen molar-refractivity contribution in [2.45, 2.75) is 52.1 Å². The lowest BCUT2D eigenvalue weighted by atomic mass is 9.97. The first-order valence-corrected chi connectivity index (χ1v) is 8.23. The summed E-state index contributed by atoms with van der Waals surface area (Å²) in [6.07, 6.45) is 3.52. The van der Waals surface area contributed by atoms with E-state index in [1.165, 1.54) is 12.8 Å². The minimum Gasteiger partial charge on any atom is -0.385 e. The molecule has 1 heterocycles. The Morgan fingerprint density at radius 2 is 2.05 bits per heavy atom. The fourth-order valence-corrected chi connectivity index (χ4v) is 2.94. The van der Waals surface area contributed by atoms with Crippen LogP contribution in [-0.2, 0) is 9.47 Å². The van der Waals surface area contributed by atoms with E-state index in [0.29, 0.717) is 18.0 Å². The first-order valence-electron chi connectivity index (χ1n) is 8.23.